The molecule has 0 spiro atoms. The highest BCUT2D eigenvalue weighted by atomic mass is 19.4. The molecule has 152 valence electrons. The minimum absolute atomic E-state index is 0.149. The number of aromatic nitrogens is 3. The number of hydrazine groups is 2. The third-order valence-corrected chi connectivity index (χ3v) is 4.20. The highest BCUT2D eigenvalue weighted by molar-refractivity contribution is 5.78. The molecular weight excluding hydrogens is 389 g/mol. The highest BCUT2D eigenvalue weighted by Gasteiger charge is 2.35. The zero-order valence-corrected chi connectivity index (χ0v) is 15.4. The molecule has 0 radical (unpaired) electrons. The van der Waals surface area contributed by atoms with Crippen LogP contribution in [0, 0.1) is 0 Å². The standard InChI is InChI=1S/C18H17F3N6O2/c1-17(2,28)9-27-14-4-3-10(7-13(14)24-26-27)15-23-16(29-25-15)11-5-6-22-8-12(11)18(19,20)21/h3-8,24,26,28H,9H2,1-2H3. The summed E-state index contributed by atoms with van der Waals surface area (Å²) in [7, 11) is 0. The van der Waals surface area contributed by atoms with Crippen molar-refractivity contribution in [2.75, 3.05) is 17.0 Å². The van der Waals surface area contributed by atoms with Gasteiger partial charge in [-0.05, 0) is 38.1 Å². The maximum Gasteiger partial charge on any atom is 0.418 e. The zero-order chi connectivity index (χ0) is 20.8. The Labute approximate surface area is 163 Å². The van der Waals surface area contributed by atoms with Gasteiger partial charge in [0, 0.05) is 18.0 Å². The average molecular weight is 406 g/mol. The lowest BCUT2D eigenvalue weighted by Crippen LogP contribution is -2.45. The molecule has 0 amide bonds. The molecule has 1 aromatic carbocycles. The molecule has 8 nitrogen and oxygen atoms in total. The van der Waals surface area contributed by atoms with Crippen molar-refractivity contribution in [2.24, 2.45) is 0 Å². The monoisotopic (exact) mass is 406 g/mol. The first kappa shape index (κ1) is 19.2. The Morgan fingerprint density at radius 3 is 2.72 bits per heavy atom. The summed E-state index contributed by atoms with van der Waals surface area (Å²) in [5.74, 6) is -0.0968. The molecule has 0 atom stereocenters. The fourth-order valence-corrected chi connectivity index (χ4v) is 2.97. The van der Waals surface area contributed by atoms with E-state index in [2.05, 4.69) is 26.1 Å². The number of halogens is 3. The maximum atomic E-state index is 13.2. The van der Waals surface area contributed by atoms with Gasteiger partial charge in [0.25, 0.3) is 5.89 Å². The van der Waals surface area contributed by atoms with Crippen LogP contribution in [0.5, 0.6) is 0 Å². The number of pyridine rings is 1. The van der Waals surface area contributed by atoms with Crippen molar-refractivity contribution in [1.82, 2.24) is 20.7 Å². The van der Waals surface area contributed by atoms with Crippen LogP contribution >= 0.6 is 0 Å². The van der Waals surface area contributed by atoms with Crippen LogP contribution in [-0.2, 0) is 6.18 Å². The van der Waals surface area contributed by atoms with Crippen LogP contribution in [0.3, 0.4) is 0 Å². The van der Waals surface area contributed by atoms with E-state index < -0.39 is 17.3 Å². The maximum absolute atomic E-state index is 13.2. The molecule has 0 aliphatic carbocycles. The number of benzene rings is 1. The number of nitrogens with zero attached hydrogens (tertiary/aromatic N) is 4. The van der Waals surface area contributed by atoms with E-state index >= 15 is 0 Å². The summed E-state index contributed by atoms with van der Waals surface area (Å²) in [6.07, 6.45) is -2.64. The zero-order valence-electron chi connectivity index (χ0n) is 15.4. The van der Waals surface area contributed by atoms with Crippen molar-refractivity contribution in [3.63, 3.8) is 0 Å². The molecule has 4 rings (SSSR count). The number of alkyl halides is 3. The molecule has 29 heavy (non-hydrogen) atoms. The average Bonchev–Trinajstić information content (AvgIpc) is 3.27. The highest BCUT2D eigenvalue weighted by Crippen LogP contribution is 2.37. The summed E-state index contributed by atoms with van der Waals surface area (Å²) < 4.78 is 44.7. The van der Waals surface area contributed by atoms with Crippen LogP contribution in [0.2, 0.25) is 0 Å². The predicted octanol–water partition coefficient (Wildman–Crippen LogP) is 3.24. The topological polar surface area (TPSA) is 99.3 Å². The molecule has 11 heteroatoms. The second kappa shape index (κ2) is 6.71. The van der Waals surface area contributed by atoms with Gasteiger partial charge in [0.05, 0.1) is 34.6 Å². The molecule has 0 saturated heterocycles. The first-order valence-corrected chi connectivity index (χ1v) is 8.63. The van der Waals surface area contributed by atoms with Gasteiger partial charge in [-0.25, -0.2) is 0 Å². The van der Waals surface area contributed by atoms with E-state index in [1.165, 1.54) is 12.3 Å². The molecule has 0 fully saturated rings. The van der Waals surface area contributed by atoms with E-state index in [9.17, 15) is 18.3 Å². The fourth-order valence-electron chi connectivity index (χ4n) is 2.97. The summed E-state index contributed by atoms with van der Waals surface area (Å²) in [5.41, 5.74) is 5.88. The Morgan fingerprint density at radius 2 is 2.00 bits per heavy atom. The Balaban J connectivity index is 1.64. The SMILES string of the molecule is CC(C)(O)CN1NNc2cc(-c3noc(-c4ccncc4C(F)(F)F)n3)ccc21. The number of hydrogen-bond acceptors (Lipinski definition) is 8. The molecular formula is C18H17F3N6O2. The lowest BCUT2D eigenvalue weighted by molar-refractivity contribution is -0.137. The van der Waals surface area contributed by atoms with Crippen LogP contribution in [0.25, 0.3) is 22.8 Å². The number of anilines is 2. The van der Waals surface area contributed by atoms with E-state index in [1.807, 2.05) is 0 Å². The molecule has 0 bridgehead atoms. The molecule has 1 aliphatic rings. The predicted molar refractivity (Wildman–Crippen MR) is 98.4 cm³/mol. The van der Waals surface area contributed by atoms with E-state index in [1.54, 1.807) is 37.1 Å². The number of nitrogens with one attached hydrogen (secondary N) is 2. The molecule has 0 saturated carbocycles. The van der Waals surface area contributed by atoms with Gasteiger partial charge >= 0.3 is 6.18 Å². The summed E-state index contributed by atoms with van der Waals surface area (Å²) >= 11 is 0. The van der Waals surface area contributed by atoms with Gasteiger partial charge in [0.2, 0.25) is 5.82 Å². The van der Waals surface area contributed by atoms with Crippen LogP contribution in [-0.4, -0.2) is 32.4 Å². The van der Waals surface area contributed by atoms with E-state index in [0.717, 1.165) is 11.9 Å². The van der Waals surface area contributed by atoms with Gasteiger partial charge in [-0.1, -0.05) is 5.16 Å². The second-order valence-corrected chi connectivity index (χ2v) is 7.21. The first-order chi connectivity index (χ1) is 13.6. The van der Waals surface area contributed by atoms with Gasteiger partial charge < -0.3 is 15.1 Å². The van der Waals surface area contributed by atoms with Gasteiger partial charge in [-0.2, -0.15) is 18.2 Å². The van der Waals surface area contributed by atoms with E-state index in [0.29, 0.717) is 17.8 Å². The Bertz CT molecular complexity index is 1040. The summed E-state index contributed by atoms with van der Waals surface area (Å²) in [5, 5.41) is 15.6. The van der Waals surface area contributed by atoms with Crippen LogP contribution in [0.15, 0.2) is 41.2 Å². The molecule has 3 N–H and O–H groups in total. The Hall–Kier alpha value is -3.18. The minimum Gasteiger partial charge on any atom is -0.389 e. The molecule has 3 aromatic rings. The lowest BCUT2D eigenvalue weighted by atomic mass is 10.1. The number of β-amino-alcohol motifs (C(OH)–C–C–N with tert-alkyl or cyclic N) is 1. The van der Waals surface area contributed by atoms with Crippen LogP contribution in [0.4, 0.5) is 24.5 Å². The Morgan fingerprint density at radius 1 is 1.21 bits per heavy atom. The smallest absolute Gasteiger partial charge is 0.389 e. The van der Waals surface area contributed by atoms with Gasteiger partial charge in [-0.15, -0.1) is 5.53 Å². The van der Waals surface area contributed by atoms with Gasteiger partial charge in [0.15, 0.2) is 0 Å². The molecule has 1 aliphatic heterocycles. The van der Waals surface area contributed by atoms with Crippen molar-refractivity contribution in [1.29, 1.82) is 0 Å². The van der Waals surface area contributed by atoms with Crippen LogP contribution in [0.1, 0.15) is 19.4 Å². The Kier molecular flexibility index (Phi) is 4.43. The van der Waals surface area contributed by atoms with Crippen molar-refractivity contribution in [3.05, 3.63) is 42.2 Å². The summed E-state index contributed by atoms with van der Waals surface area (Å²) in [6, 6.07) is 6.42. The second-order valence-electron chi connectivity index (χ2n) is 7.21. The number of rotatable bonds is 4. The quantitative estimate of drug-likeness (QED) is 0.607. The number of aliphatic hydroxyl groups is 1. The summed E-state index contributed by atoms with van der Waals surface area (Å²) in [6.45, 7) is 3.72. The van der Waals surface area contributed by atoms with E-state index in [4.69, 9.17) is 4.52 Å². The molecule has 3 heterocycles. The molecule has 2 aromatic heterocycles. The number of fused-ring (bicyclic) bond motifs is 1. The normalized spacial score (nSPS) is 14.1. The van der Waals surface area contributed by atoms with Crippen molar-refractivity contribution in [2.45, 2.75) is 25.6 Å². The minimum atomic E-state index is -4.59. The molecule has 0 unspecified atom stereocenters. The third kappa shape index (κ3) is 3.87. The lowest BCUT2D eigenvalue weighted by Gasteiger charge is -2.26. The van der Waals surface area contributed by atoms with Crippen molar-refractivity contribution >= 4 is 11.4 Å². The van der Waals surface area contributed by atoms with Crippen molar-refractivity contribution in [3.8, 4) is 22.8 Å². The van der Waals surface area contributed by atoms with Gasteiger partial charge in [0.1, 0.15) is 0 Å². The summed E-state index contributed by atoms with van der Waals surface area (Å²) in [4.78, 5) is 7.65. The number of hydrogen-bond donors (Lipinski definition) is 3. The van der Waals surface area contributed by atoms with E-state index in [-0.39, 0.29) is 17.3 Å². The van der Waals surface area contributed by atoms with Gasteiger partial charge in [-0.3, -0.25) is 9.99 Å². The van der Waals surface area contributed by atoms with Crippen LogP contribution < -0.4 is 16.0 Å². The largest absolute Gasteiger partial charge is 0.418 e. The van der Waals surface area contributed by atoms with Crippen molar-refractivity contribution < 1.29 is 22.8 Å². The fraction of sp³-hybridized carbons (Fsp3) is 0.278. The third-order valence-electron chi connectivity index (χ3n) is 4.20. The first-order valence-electron chi connectivity index (χ1n) is 8.63.